The molecular weight excluding hydrogens is 285 g/mol. The van der Waals surface area contributed by atoms with E-state index in [2.05, 4.69) is 0 Å². The molecule has 0 aliphatic carbocycles. The Morgan fingerprint density at radius 1 is 1.27 bits per heavy atom. The molecule has 0 saturated carbocycles. The normalized spacial score (nSPS) is 17.6. The number of rotatable bonds is 5. The van der Waals surface area contributed by atoms with E-state index in [9.17, 15) is 9.18 Å². The van der Waals surface area contributed by atoms with Gasteiger partial charge in [0.15, 0.2) is 5.76 Å². The molecule has 0 spiro atoms. The lowest BCUT2D eigenvalue weighted by molar-refractivity contribution is 0.0481. The SMILES string of the molecule is O=C(c1ccco1)N(Cc1ccccc1F)CC1CCCO1. The van der Waals surface area contributed by atoms with E-state index in [1.54, 1.807) is 35.2 Å². The van der Waals surface area contributed by atoms with Crippen LogP contribution in [0.25, 0.3) is 0 Å². The number of ether oxygens (including phenoxy) is 1. The van der Waals surface area contributed by atoms with Gasteiger partial charge in [-0.2, -0.15) is 0 Å². The average Bonchev–Trinajstić information content (AvgIpc) is 3.21. The summed E-state index contributed by atoms with van der Waals surface area (Å²) in [5, 5.41) is 0. The summed E-state index contributed by atoms with van der Waals surface area (Å²) in [6, 6.07) is 9.77. The van der Waals surface area contributed by atoms with E-state index in [1.165, 1.54) is 12.3 Å². The van der Waals surface area contributed by atoms with Crippen molar-refractivity contribution in [3.05, 3.63) is 59.8 Å². The van der Waals surface area contributed by atoms with Gasteiger partial charge in [-0.05, 0) is 31.0 Å². The number of hydrogen-bond acceptors (Lipinski definition) is 3. The van der Waals surface area contributed by atoms with Crippen molar-refractivity contribution in [1.29, 1.82) is 0 Å². The number of carbonyl (C=O) groups excluding carboxylic acids is 1. The maximum absolute atomic E-state index is 13.9. The third-order valence-electron chi connectivity index (χ3n) is 3.79. The van der Waals surface area contributed by atoms with Crippen LogP contribution in [0.1, 0.15) is 29.0 Å². The summed E-state index contributed by atoms with van der Waals surface area (Å²) in [6.07, 6.45) is 3.37. The highest BCUT2D eigenvalue weighted by Crippen LogP contribution is 2.18. The van der Waals surface area contributed by atoms with E-state index < -0.39 is 0 Å². The topological polar surface area (TPSA) is 42.7 Å². The zero-order valence-corrected chi connectivity index (χ0v) is 12.2. The van der Waals surface area contributed by atoms with Crippen LogP contribution in [0.3, 0.4) is 0 Å². The maximum atomic E-state index is 13.9. The zero-order valence-electron chi connectivity index (χ0n) is 12.2. The summed E-state index contributed by atoms with van der Waals surface area (Å²) >= 11 is 0. The molecule has 5 heteroatoms. The van der Waals surface area contributed by atoms with Gasteiger partial charge in [0.1, 0.15) is 5.82 Å². The van der Waals surface area contributed by atoms with Crippen molar-refractivity contribution in [2.75, 3.05) is 13.2 Å². The number of carbonyl (C=O) groups is 1. The fourth-order valence-electron chi connectivity index (χ4n) is 2.64. The predicted molar refractivity (Wildman–Crippen MR) is 78.8 cm³/mol. The molecule has 116 valence electrons. The van der Waals surface area contributed by atoms with E-state index in [0.29, 0.717) is 18.7 Å². The lowest BCUT2D eigenvalue weighted by atomic mass is 10.1. The van der Waals surface area contributed by atoms with Crippen molar-refractivity contribution in [3.8, 4) is 0 Å². The second-order valence-electron chi connectivity index (χ2n) is 5.39. The summed E-state index contributed by atoms with van der Waals surface area (Å²) in [5.41, 5.74) is 0.486. The third kappa shape index (κ3) is 3.36. The summed E-state index contributed by atoms with van der Waals surface area (Å²) in [7, 11) is 0. The van der Waals surface area contributed by atoms with Crippen molar-refractivity contribution in [2.45, 2.75) is 25.5 Å². The first-order valence-corrected chi connectivity index (χ1v) is 7.42. The second kappa shape index (κ2) is 6.75. The number of hydrogen-bond donors (Lipinski definition) is 0. The maximum Gasteiger partial charge on any atom is 0.289 e. The van der Waals surface area contributed by atoms with Crippen LogP contribution in [0.4, 0.5) is 4.39 Å². The van der Waals surface area contributed by atoms with Gasteiger partial charge in [-0.1, -0.05) is 18.2 Å². The molecule has 1 aliphatic heterocycles. The van der Waals surface area contributed by atoms with E-state index >= 15 is 0 Å². The molecule has 0 radical (unpaired) electrons. The van der Waals surface area contributed by atoms with Crippen LogP contribution in [0.5, 0.6) is 0 Å². The Hall–Kier alpha value is -2.14. The van der Waals surface area contributed by atoms with E-state index in [0.717, 1.165) is 12.8 Å². The molecule has 1 atom stereocenters. The smallest absolute Gasteiger partial charge is 0.289 e. The van der Waals surface area contributed by atoms with Crippen molar-refractivity contribution < 1.29 is 18.3 Å². The van der Waals surface area contributed by atoms with Gasteiger partial charge in [-0.25, -0.2) is 4.39 Å². The quantitative estimate of drug-likeness (QED) is 0.851. The van der Waals surface area contributed by atoms with Crippen LogP contribution in [0, 0.1) is 5.82 Å². The van der Waals surface area contributed by atoms with E-state index in [-0.39, 0.29) is 30.1 Å². The molecule has 1 amide bonds. The highest BCUT2D eigenvalue weighted by atomic mass is 19.1. The summed E-state index contributed by atoms with van der Waals surface area (Å²) < 4.78 is 24.7. The van der Waals surface area contributed by atoms with Gasteiger partial charge in [-0.3, -0.25) is 4.79 Å². The Kier molecular flexibility index (Phi) is 4.53. The third-order valence-corrected chi connectivity index (χ3v) is 3.79. The van der Waals surface area contributed by atoms with Crippen LogP contribution >= 0.6 is 0 Å². The van der Waals surface area contributed by atoms with Crippen molar-refractivity contribution in [2.24, 2.45) is 0 Å². The minimum atomic E-state index is -0.313. The van der Waals surface area contributed by atoms with Crippen molar-refractivity contribution in [3.63, 3.8) is 0 Å². The number of amides is 1. The van der Waals surface area contributed by atoms with E-state index in [1.807, 2.05) is 0 Å². The fourth-order valence-corrected chi connectivity index (χ4v) is 2.64. The molecule has 0 bridgehead atoms. The Morgan fingerprint density at radius 3 is 2.82 bits per heavy atom. The highest BCUT2D eigenvalue weighted by Gasteiger charge is 2.25. The molecule has 0 N–H and O–H groups in total. The standard InChI is InChI=1S/C17H18FNO3/c18-15-7-2-1-5-13(15)11-19(12-14-6-3-9-21-14)17(20)16-8-4-10-22-16/h1-2,4-5,7-8,10,14H,3,6,9,11-12H2. The molecule has 1 saturated heterocycles. The molecule has 1 unspecified atom stereocenters. The van der Waals surface area contributed by atoms with Crippen LogP contribution in [0.2, 0.25) is 0 Å². The lowest BCUT2D eigenvalue weighted by Gasteiger charge is -2.25. The van der Waals surface area contributed by atoms with E-state index in [4.69, 9.17) is 9.15 Å². The average molecular weight is 303 g/mol. The molecule has 2 aromatic rings. The number of benzene rings is 1. The minimum absolute atomic E-state index is 0.00526. The number of furan rings is 1. The number of nitrogens with zero attached hydrogens (tertiary/aromatic N) is 1. The second-order valence-corrected chi connectivity index (χ2v) is 5.39. The predicted octanol–water partition coefficient (Wildman–Crippen LogP) is 3.24. The summed E-state index contributed by atoms with van der Waals surface area (Å²) in [6.45, 7) is 1.35. The summed E-state index contributed by atoms with van der Waals surface area (Å²) in [5.74, 6) is -0.301. The van der Waals surface area contributed by atoms with Crippen LogP contribution in [0.15, 0.2) is 47.1 Å². The van der Waals surface area contributed by atoms with Crippen LogP contribution < -0.4 is 0 Å². The van der Waals surface area contributed by atoms with Crippen molar-refractivity contribution >= 4 is 5.91 Å². The minimum Gasteiger partial charge on any atom is -0.459 e. The van der Waals surface area contributed by atoms with Gasteiger partial charge in [-0.15, -0.1) is 0 Å². The van der Waals surface area contributed by atoms with Gasteiger partial charge in [0, 0.05) is 25.3 Å². The van der Waals surface area contributed by atoms with Crippen molar-refractivity contribution in [1.82, 2.24) is 4.90 Å². The Labute approximate surface area is 128 Å². The Balaban J connectivity index is 1.79. The molecular formula is C17H18FNO3. The largest absolute Gasteiger partial charge is 0.459 e. The summed E-state index contributed by atoms with van der Waals surface area (Å²) in [4.78, 5) is 14.2. The zero-order chi connectivity index (χ0) is 15.4. The molecule has 2 heterocycles. The lowest BCUT2D eigenvalue weighted by Crippen LogP contribution is -2.37. The number of halogens is 1. The van der Waals surface area contributed by atoms with Gasteiger partial charge in [0.25, 0.3) is 5.91 Å². The fraction of sp³-hybridized carbons (Fsp3) is 0.353. The van der Waals surface area contributed by atoms with Gasteiger partial charge < -0.3 is 14.1 Å². The molecule has 3 rings (SSSR count). The first kappa shape index (κ1) is 14.8. The van der Waals surface area contributed by atoms with Gasteiger partial charge in [0.05, 0.1) is 12.4 Å². The molecule has 1 fully saturated rings. The molecule has 1 aromatic carbocycles. The van der Waals surface area contributed by atoms with Gasteiger partial charge in [0.2, 0.25) is 0 Å². The first-order chi connectivity index (χ1) is 10.7. The van der Waals surface area contributed by atoms with Gasteiger partial charge >= 0.3 is 0 Å². The Bertz CT molecular complexity index is 621. The molecule has 22 heavy (non-hydrogen) atoms. The molecule has 4 nitrogen and oxygen atoms in total. The first-order valence-electron chi connectivity index (χ1n) is 7.42. The van der Waals surface area contributed by atoms with Crippen LogP contribution in [-0.4, -0.2) is 30.1 Å². The molecule has 1 aliphatic rings. The Morgan fingerprint density at radius 2 is 2.14 bits per heavy atom. The molecule has 1 aromatic heterocycles. The monoisotopic (exact) mass is 303 g/mol. The highest BCUT2D eigenvalue weighted by molar-refractivity contribution is 5.91. The van der Waals surface area contributed by atoms with Crippen LogP contribution in [-0.2, 0) is 11.3 Å².